The van der Waals surface area contributed by atoms with Gasteiger partial charge >= 0.3 is 7.60 Å². The number of hydrogen-bond acceptors (Lipinski definition) is 2. The van der Waals surface area contributed by atoms with Crippen molar-refractivity contribution >= 4 is 13.7 Å². The SMILES string of the molecule is NC[C@H](C/C=C/c1ccccc1)P(=O)(O)O. The summed E-state index contributed by atoms with van der Waals surface area (Å²) in [6.45, 7) is -0.0105. The van der Waals surface area contributed by atoms with Crippen LogP contribution in [-0.2, 0) is 4.57 Å². The summed E-state index contributed by atoms with van der Waals surface area (Å²) >= 11 is 0. The topological polar surface area (TPSA) is 83.6 Å². The Hall–Kier alpha value is -0.930. The van der Waals surface area contributed by atoms with Gasteiger partial charge in [0.1, 0.15) is 0 Å². The zero-order valence-electron chi connectivity index (χ0n) is 8.86. The molecule has 0 aliphatic rings. The third-order valence-corrected chi connectivity index (χ3v) is 3.64. The van der Waals surface area contributed by atoms with Crippen LogP contribution in [0.2, 0.25) is 0 Å². The summed E-state index contributed by atoms with van der Waals surface area (Å²) in [5.74, 6) is 0. The first-order valence-corrected chi connectivity index (χ1v) is 6.69. The lowest BCUT2D eigenvalue weighted by atomic mass is 10.2. The molecule has 1 atom stereocenters. The predicted molar refractivity (Wildman–Crippen MR) is 65.0 cm³/mol. The maximum Gasteiger partial charge on any atom is 0.330 e. The molecule has 0 aliphatic heterocycles. The van der Waals surface area contributed by atoms with E-state index in [1.807, 2.05) is 36.4 Å². The number of nitrogens with two attached hydrogens (primary N) is 1. The highest BCUT2D eigenvalue weighted by molar-refractivity contribution is 7.52. The Morgan fingerprint density at radius 1 is 1.31 bits per heavy atom. The van der Waals surface area contributed by atoms with Crippen molar-refractivity contribution in [3.05, 3.63) is 42.0 Å². The molecule has 0 saturated carbocycles. The molecule has 0 bridgehead atoms. The Morgan fingerprint density at radius 3 is 2.44 bits per heavy atom. The Bertz CT molecular complexity index is 385. The molecule has 4 nitrogen and oxygen atoms in total. The van der Waals surface area contributed by atoms with E-state index in [0.29, 0.717) is 0 Å². The average Bonchev–Trinajstić information content (AvgIpc) is 2.24. The minimum Gasteiger partial charge on any atom is -0.330 e. The Labute approximate surface area is 95.0 Å². The number of hydrogen-bond donors (Lipinski definition) is 3. The quantitative estimate of drug-likeness (QED) is 0.683. The van der Waals surface area contributed by atoms with Gasteiger partial charge in [-0.15, -0.1) is 0 Å². The molecule has 0 heterocycles. The first-order chi connectivity index (χ1) is 7.54. The third-order valence-electron chi connectivity index (χ3n) is 2.27. The van der Waals surface area contributed by atoms with Gasteiger partial charge in [-0.2, -0.15) is 0 Å². The molecule has 0 unspecified atom stereocenters. The van der Waals surface area contributed by atoms with Crippen molar-refractivity contribution in [1.82, 2.24) is 0 Å². The van der Waals surface area contributed by atoms with Crippen molar-refractivity contribution in [3.63, 3.8) is 0 Å². The fourth-order valence-electron chi connectivity index (χ4n) is 1.30. The molecular formula is C11H16NO3P. The second-order valence-corrected chi connectivity index (χ2v) is 5.44. The van der Waals surface area contributed by atoms with E-state index in [1.165, 1.54) is 0 Å². The molecule has 5 heteroatoms. The summed E-state index contributed by atoms with van der Waals surface area (Å²) in [6.07, 6.45) is 3.86. The molecule has 1 aromatic carbocycles. The van der Waals surface area contributed by atoms with Gasteiger partial charge in [0.15, 0.2) is 0 Å². The van der Waals surface area contributed by atoms with Crippen molar-refractivity contribution in [2.45, 2.75) is 12.1 Å². The summed E-state index contributed by atoms with van der Waals surface area (Å²) in [7, 11) is -4.07. The van der Waals surface area contributed by atoms with Gasteiger partial charge in [-0.05, 0) is 12.0 Å². The van der Waals surface area contributed by atoms with Crippen molar-refractivity contribution in [3.8, 4) is 0 Å². The standard InChI is InChI=1S/C11H16NO3P/c12-9-11(16(13,14)15)8-4-7-10-5-2-1-3-6-10/h1-7,11H,8-9,12H2,(H2,13,14,15)/b7-4+/t11-/m0/s1. The fourth-order valence-corrected chi connectivity index (χ4v) is 1.97. The van der Waals surface area contributed by atoms with Crippen LogP contribution < -0.4 is 5.73 Å². The molecule has 88 valence electrons. The molecule has 1 rings (SSSR count). The number of benzene rings is 1. The van der Waals surface area contributed by atoms with Gasteiger partial charge in [-0.3, -0.25) is 4.57 Å². The summed E-state index contributed by atoms with van der Waals surface area (Å²) in [5, 5.41) is 0. The highest BCUT2D eigenvalue weighted by atomic mass is 31.2. The van der Waals surface area contributed by atoms with E-state index < -0.39 is 13.3 Å². The average molecular weight is 241 g/mol. The largest absolute Gasteiger partial charge is 0.330 e. The highest BCUT2D eigenvalue weighted by Gasteiger charge is 2.25. The van der Waals surface area contributed by atoms with Crippen LogP contribution in [0.3, 0.4) is 0 Å². The predicted octanol–water partition coefficient (Wildman–Crippen LogP) is 1.59. The highest BCUT2D eigenvalue weighted by Crippen LogP contribution is 2.42. The van der Waals surface area contributed by atoms with E-state index in [1.54, 1.807) is 6.08 Å². The second-order valence-electron chi connectivity index (χ2n) is 3.53. The zero-order valence-corrected chi connectivity index (χ0v) is 9.75. The monoisotopic (exact) mass is 241 g/mol. The van der Waals surface area contributed by atoms with E-state index in [2.05, 4.69) is 0 Å². The van der Waals surface area contributed by atoms with Crippen LogP contribution in [0.5, 0.6) is 0 Å². The molecule has 16 heavy (non-hydrogen) atoms. The van der Waals surface area contributed by atoms with E-state index in [-0.39, 0.29) is 13.0 Å². The molecule has 1 aromatic rings. The van der Waals surface area contributed by atoms with Crippen molar-refractivity contribution in [2.24, 2.45) is 5.73 Å². The molecular weight excluding hydrogens is 225 g/mol. The van der Waals surface area contributed by atoms with Crippen LogP contribution in [-0.4, -0.2) is 22.0 Å². The van der Waals surface area contributed by atoms with E-state index >= 15 is 0 Å². The van der Waals surface area contributed by atoms with Crippen LogP contribution in [0, 0.1) is 0 Å². The number of rotatable bonds is 5. The van der Waals surface area contributed by atoms with Gasteiger partial charge < -0.3 is 15.5 Å². The normalized spacial score (nSPS) is 14.2. The van der Waals surface area contributed by atoms with Crippen LogP contribution in [0.4, 0.5) is 0 Å². The van der Waals surface area contributed by atoms with Gasteiger partial charge in [0.2, 0.25) is 0 Å². The molecule has 0 aliphatic carbocycles. The fraction of sp³-hybridized carbons (Fsp3) is 0.273. The molecule has 0 fully saturated rings. The molecule has 0 amide bonds. The Kier molecular flexibility index (Phi) is 4.90. The van der Waals surface area contributed by atoms with Crippen LogP contribution in [0.1, 0.15) is 12.0 Å². The third kappa shape index (κ3) is 4.29. The first-order valence-electron chi connectivity index (χ1n) is 5.01. The molecule has 0 spiro atoms. The Balaban J connectivity index is 2.57. The molecule has 0 aromatic heterocycles. The molecule has 4 N–H and O–H groups in total. The zero-order chi connectivity index (χ0) is 12.0. The van der Waals surface area contributed by atoms with Gasteiger partial charge in [0, 0.05) is 6.54 Å². The summed E-state index contributed by atoms with van der Waals surface area (Å²) < 4.78 is 11.0. The summed E-state index contributed by atoms with van der Waals surface area (Å²) in [6, 6.07) is 9.57. The van der Waals surface area contributed by atoms with E-state index in [9.17, 15) is 4.57 Å². The lowest BCUT2D eigenvalue weighted by molar-refractivity contribution is 0.358. The van der Waals surface area contributed by atoms with Gasteiger partial charge in [0.25, 0.3) is 0 Å². The molecule has 0 radical (unpaired) electrons. The number of allylic oxidation sites excluding steroid dienone is 1. The van der Waals surface area contributed by atoms with Gasteiger partial charge in [0.05, 0.1) is 5.66 Å². The first kappa shape index (κ1) is 13.1. The van der Waals surface area contributed by atoms with Gasteiger partial charge in [-0.25, -0.2) is 0 Å². The Morgan fingerprint density at radius 2 is 1.94 bits per heavy atom. The minimum absolute atomic E-state index is 0.0105. The maximum atomic E-state index is 11.0. The van der Waals surface area contributed by atoms with Crippen molar-refractivity contribution < 1.29 is 14.4 Å². The summed E-state index contributed by atoms with van der Waals surface area (Å²) in [4.78, 5) is 17.9. The smallest absolute Gasteiger partial charge is 0.330 e. The van der Waals surface area contributed by atoms with Crippen molar-refractivity contribution in [1.29, 1.82) is 0 Å². The summed E-state index contributed by atoms with van der Waals surface area (Å²) in [5.41, 5.74) is 5.53. The lowest BCUT2D eigenvalue weighted by Gasteiger charge is -2.13. The van der Waals surface area contributed by atoms with Crippen LogP contribution in [0.25, 0.3) is 6.08 Å². The van der Waals surface area contributed by atoms with Gasteiger partial charge in [-0.1, -0.05) is 42.5 Å². The van der Waals surface area contributed by atoms with E-state index in [4.69, 9.17) is 15.5 Å². The minimum atomic E-state index is -4.07. The van der Waals surface area contributed by atoms with Crippen LogP contribution in [0.15, 0.2) is 36.4 Å². The van der Waals surface area contributed by atoms with Crippen molar-refractivity contribution in [2.75, 3.05) is 6.54 Å². The second kappa shape index (κ2) is 5.97. The lowest BCUT2D eigenvalue weighted by Crippen LogP contribution is -2.19. The van der Waals surface area contributed by atoms with E-state index in [0.717, 1.165) is 5.56 Å². The maximum absolute atomic E-state index is 11.0. The van der Waals surface area contributed by atoms with Crippen LogP contribution >= 0.6 is 7.60 Å². The molecule has 0 saturated heterocycles.